The van der Waals surface area contributed by atoms with E-state index < -0.39 is 48.1 Å². The van der Waals surface area contributed by atoms with Gasteiger partial charge in [-0.25, -0.2) is 8.78 Å². The van der Waals surface area contributed by atoms with Crippen molar-refractivity contribution in [1.82, 2.24) is 10.2 Å². The van der Waals surface area contributed by atoms with Crippen LogP contribution in [0.25, 0.3) is 0 Å². The Bertz CT molecular complexity index is 444. The SMILES string of the molecule is OCCCCc1c(C(F)C(F)(F)F)n[nH]c1C(F)C(F)(F)F. The Hall–Kier alpha value is -1.39. The first-order valence-corrected chi connectivity index (χ1v) is 6.09. The number of hydrogen-bond donors (Lipinski definition) is 2. The lowest BCUT2D eigenvalue weighted by Gasteiger charge is -2.15. The highest BCUT2D eigenvalue weighted by Crippen LogP contribution is 2.42. The zero-order valence-electron chi connectivity index (χ0n) is 10.9. The molecule has 0 saturated heterocycles. The Balaban J connectivity index is 3.20. The molecule has 11 heteroatoms. The molecule has 3 nitrogen and oxygen atoms in total. The zero-order valence-corrected chi connectivity index (χ0v) is 10.9. The number of halogens is 8. The maximum absolute atomic E-state index is 13.3. The molecular weight excluding hydrogens is 328 g/mol. The van der Waals surface area contributed by atoms with Gasteiger partial charge in [-0.2, -0.15) is 31.4 Å². The monoisotopic (exact) mass is 340 g/mol. The van der Waals surface area contributed by atoms with E-state index in [1.54, 1.807) is 0 Å². The number of nitrogens with zero attached hydrogens (tertiary/aromatic N) is 1. The van der Waals surface area contributed by atoms with Gasteiger partial charge in [-0.1, -0.05) is 0 Å². The number of rotatable bonds is 6. The molecule has 1 aromatic heterocycles. The summed E-state index contributed by atoms with van der Waals surface area (Å²) in [4.78, 5) is 0. The molecule has 2 atom stereocenters. The fourth-order valence-electron chi connectivity index (χ4n) is 1.81. The highest BCUT2D eigenvalue weighted by molar-refractivity contribution is 5.30. The smallest absolute Gasteiger partial charge is 0.396 e. The number of aliphatic hydroxyl groups excluding tert-OH is 1. The van der Waals surface area contributed by atoms with Gasteiger partial charge in [0.2, 0.25) is 12.3 Å². The van der Waals surface area contributed by atoms with Gasteiger partial charge in [-0.3, -0.25) is 5.10 Å². The number of aliphatic hydroxyl groups is 1. The minimum absolute atomic E-state index is 0.0504. The van der Waals surface area contributed by atoms with Gasteiger partial charge in [-0.05, 0) is 19.3 Å². The van der Waals surface area contributed by atoms with Gasteiger partial charge in [-0.15, -0.1) is 0 Å². The number of alkyl halides is 8. The second-order valence-corrected chi connectivity index (χ2v) is 4.49. The fourth-order valence-corrected chi connectivity index (χ4v) is 1.81. The Morgan fingerprint density at radius 2 is 1.50 bits per heavy atom. The van der Waals surface area contributed by atoms with Gasteiger partial charge in [0.25, 0.3) is 0 Å². The molecule has 0 aliphatic heterocycles. The summed E-state index contributed by atoms with van der Waals surface area (Å²) in [7, 11) is 0. The molecule has 1 aromatic rings. The Morgan fingerprint density at radius 1 is 0.955 bits per heavy atom. The van der Waals surface area contributed by atoms with Gasteiger partial charge < -0.3 is 5.11 Å². The number of aromatic amines is 1. The van der Waals surface area contributed by atoms with Gasteiger partial charge in [0, 0.05) is 12.2 Å². The maximum atomic E-state index is 13.3. The first kappa shape index (κ1) is 18.7. The molecule has 0 aliphatic rings. The van der Waals surface area contributed by atoms with Crippen LogP contribution >= 0.6 is 0 Å². The molecule has 0 aliphatic carbocycles. The molecule has 0 bridgehead atoms. The molecule has 2 N–H and O–H groups in total. The summed E-state index contributed by atoms with van der Waals surface area (Å²) in [6.07, 6.45) is -18.4. The van der Waals surface area contributed by atoms with Crippen molar-refractivity contribution in [2.75, 3.05) is 6.61 Å². The molecule has 0 saturated carbocycles. The van der Waals surface area contributed by atoms with Crippen LogP contribution in [0.2, 0.25) is 0 Å². The summed E-state index contributed by atoms with van der Waals surface area (Å²) < 4.78 is 101. The highest BCUT2D eigenvalue weighted by Gasteiger charge is 2.48. The molecule has 1 heterocycles. The van der Waals surface area contributed by atoms with Crippen LogP contribution in [0.4, 0.5) is 35.1 Å². The Morgan fingerprint density at radius 3 is 1.95 bits per heavy atom. The van der Waals surface area contributed by atoms with Gasteiger partial charge in [0.05, 0.1) is 5.69 Å². The van der Waals surface area contributed by atoms with E-state index >= 15 is 0 Å². The Labute approximate surface area is 119 Å². The van der Waals surface area contributed by atoms with Crippen molar-refractivity contribution in [1.29, 1.82) is 0 Å². The van der Waals surface area contributed by atoms with Crippen molar-refractivity contribution in [2.24, 2.45) is 0 Å². The summed E-state index contributed by atoms with van der Waals surface area (Å²) in [6.45, 7) is -0.362. The molecular formula is C11H12F8N2O. The topological polar surface area (TPSA) is 48.9 Å². The van der Waals surface area contributed by atoms with Crippen LogP contribution in [0, 0.1) is 0 Å². The van der Waals surface area contributed by atoms with E-state index in [1.165, 1.54) is 5.10 Å². The number of aromatic nitrogens is 2. The summed E-state index contributed by atoms with van der Waals surface area (Å²) in [5, 5.41) is 13.0. The van der Waals surface area contributed by atoms with Crippen molar-refractivity contribution in [3.05, 3.63) is 17.0 Å². The third kappa shape index (κ3) is 4.31. The lowest BCUT2D eigenvalue weighted by Crippen LogP contribution is -2.20. The van der Waals surface area contributed by atoms with Gasteiger partial charge >= 0.3 is 12.4 Å². The minimum Gasteiger partial charge on any atom is -0.396 e. The molecule has 2 unspecified atom stereocenters. The van der Waals surface area contributed by atoms with Crippen LogP contribution in [-0.4, -0.2) is 34.3 Å². The summed E-state index contributed by atoms with van der Waals surface area (Å²) in [5.41, 5.74) is -3.36. The molecule has 22 heavy (non-hydrogen) atoms. The van der Waals surface area contributed by atoms with E-state index in [-0.39, 0.29) is 19.4 Å². The Kier molecular flexibility index (Phi) is 5.76. The van der Waals surface area contributed by atoms with Crippen molar-refractivity contribution in [3.8, 4) is 0 Å². The standard InChI is InChI=1S/C11H12F8N2O/c12-8(10(14,15)16)6-5(3-1-2-4-22)7(21-20-6)9(13)11(17,18)19/h8-9,22H,1-4H2,(H,20,21). The molecule has 0 amide bonds. The van der Waals surface area contributed by atoms with Crippen LogP contribution in [0.3, 0.4) is 0 Å². The molecule has 128 valence electrons. The van der Waals surface area contributed by atoms with E-state index in [0.717, 1.165) is 0 Å². The zero-order chi connectivity index (χ0) is 17.1. The summed E-state index contributed by atoms with van der Waals surface area (Å²) in [6, 6.07) is 0. The van der Waals surface area contributed by atoms with Crippen LogP contribution in [-0.2, 0) is 6.42 Å². The van der Waals surface area contributed by atoms with Crippen molar-refractivity contribution in [2.45, 2.75) is 44.0 Å². The summed E-state index contributed by atoms with van der Waals surface area (Å²) >= 11 is 0. The second-order valence-electron chi connectivity index (χ2n) is 4.49. The third-order valence-corrected chi connectivity index (χ3v) is 2.83. The van der Waals surface area contributed by atoms with Gasteiger partial charge in [0.1, 0.15) is 5.69 Å². The molecule has 0 radical (unpaired) electrons. The average molecular weight is 340 g/mol. The molecule has 0 spiro atoms. The van der Waals surface area contributed by atoms with Crippen molar-refractivity contribution in [3.63, 3.8) is 0 Å². The van der Waals surface area contributed by atoms with E-state index in [1.807, 2.05) is 0 Å². The van der Waals surface area contributed by atoms with Crippen LogP contribution in [0.5, 0.6) is 0 Å². The predicted octanol–water partition coefficient (Wildman–Crippen LogP) is 3.87. The van der Waals surface area contributed by atoms with E-state index in [9.17, 15) is 35.1 Å². The van der Waals surface area contributed by atoms with E-state index in [4.69, 9.17) is 5.11 Å². The highest BCUT2D eigenvalue weighted by atomic mass is 19.4. The minimum atomic E-state index is -5.37. The number of unbranched alkanes of at least 4 members (excludes halogenated alkanes) is 1. The number of nitrogens with one attached hydrogen (secondary N) is 1. The largest absolute Gasteiger partial charge is 0.425 e. The normalized spacial score (nSPS) is 15.9. The van der Waals surface area contributed by atoms with E-state index in [0.29, 0.717) is 0 Å². The predicted molar refractivity (Wildman–Crippen MR) is 58.4 cm³/mol. The van der Waals surface area contributed by atoms with Crippen LogP contribution in [0.1, 0.15) is 42.1 Å². The van der Waals surface area contributed by atoms with Crippen molar-refractivity contribution >= 4 is 0 Å². The average Bonchev–Trinajstić information content (AvgIpc) is 2.78. The summed E-state index contributed by atoms with van der Waals surface area (Å²) in [5.74, 6) is 0. The van der Waals surface area contributed by atoms with Crippen LogP contribution < -0.4 is 0 Å². The third-order valence-electron chi connectivity index (χ3n) is 2.83. The first-order chi connectivity index (χ1) is 10.00. The van der Waals surface area contributed by atoms with Crippen LogP contribution in [0.15, 0.2) is 0 Å². The maximum Gasteiger partial charge on any atom is 0.425 e. The van der Waals surface area contributed by atoms with Gasteiger partial charge in [0.15, 0.2) is 0 Å². The quantitative estimate of drug-likeness (QED) is 0.610. The molecule has 0 fully saturated rings. The van der Waals surface area contributed by atoms with Crippen molar-refractivity contribution < 1.29 is 40.2 Å². The first-order valence-electron chi connectivity index (χ1n) is 6.09. The second kappa shape index (κ2) is 6.80. The lowest BCUT2D eigenvalue weighted by atomic mass is 10.0. The van der Waals surface area contributed by atoms with E-state index in [2.05, 4.69) is 5.10 Å². The molecule has 1 rings (SSSR count). The number of hydrogen-bond acceptors (Lipinski definition) is 2. The lowest BCUT2D eigenvalue weighted by molar-refractivity contribution is -0.184. The number of H-pyrrole nitrogens is 1. The fraction of sp³-hybridized carbons (Fsp3) is 0.727. The molecule has 0 aromatic carbocycles.